The summed E-state index contributed by atoms with van der Waals surface area (Å²) in [4.78, 5) is 12.7. The summed E-state index contributed by atoms with van der Waals surface area (Å²) >= 11 is 19.7. The zero-order valence-corrected chi connectivity index (χ0v) is 21.3. The Morgan fingerprint density at radius 1 is 0.909 bits per heavy atom. The lowest BCUT2D eigenvalue weighted by Gasteiger charge is -2.24. The molecule has 0 saturated carbocycles. The maximum Gasteiger partial charge on any atom is 0.264 e. The van der Waals surface area contributed by atoms with Gasteiger partial charge in [0, 0.05) is 33.1 Å². The number of nitrogens with one attached hydrogen (secondary N) is 1. The molecule has 3 aromatic rings. The molecule has 33 heavy (non-hydrogen) atoms. The van der Waals surface area contributed by atoms with Gasteiger partial charge >= 0.3 is 0 Å². The first-order valence-electron chi connectivity index (χ1n) is 9.89. The van der Waals surface area contributed by atoms with Gasteiger partial charge in [-0.1, -0.05) is 65.1 Å². The maximum atomic E-state index is 13.2. The van der Waals surface area contributed by atoms with Gasteiger partial charge in [-0.05, 0) is 48.0 Å². The number of benzene rings is 3. The molecule has 5 nitrogen and oxygen atoms in total. The minimum Gasteiger partial charge on any atom is -0.354 e. The Balaban J connectivity index is 1.62. The molecule has 0 atom stereocenters. The van der Waals surface area contributed by atoms with Gasteiger partial charge in [-0.25, -0.2) is 8.42 Å². The van der Waals surface area contributed by atoms with Crippen molar-refractivity contribution in [2.24, 2.45) is 0 Å². The molecule has 1 amide bonds. The maximum absolute atomic E-state index is 13.2. The molecule has 1 N–H and O–H groups in total. The van der Waals surface area contributed by atoms with Crippen molar-refractivity contribution in [1.29, 1.82) is 0 Å². The van der Waals surface area contributed by atoms with Gasteiger partial charge in [0.2, 0.25) is 5.91 Å². The van der Waals surface area contributed by atoms with E-state index in [9.17, 15) is 13.2 Å². The van der Waals surface area contributed by atoms with Gasteiger partial charge in [-0.2, -0.15) is 11.8 Å². The molecule has 0 radical (unpaired) electrons. The van der Waals surface area contributed by atoms with E-state index in [1.54, 1.807) is 60.3 Å². The van der Waals surface area contributed by atoms with E-state index < -0.39 is 15.9 Å². The van der Waals surface area contributed by atoms with E-state index in [1.165, 1.54) is 18.2 Å². The lowest BCUT2D eigenvalue weighted by Crippen LogP contribution is -2.41. The monoisotopic (exact) mass is 542 g/mol. The van der Waals surface area contributed by atoms with Crippen LogP contribution in [0.4, 0.5) is 5.69 Å². The summed E-state index contributed by atoms with van der Waals surface area (Å²) < 4.78 is 27.6. The van der Waals surface area contributed by atoms with Gasteiger partial charge in [0.05, 0.1) is 10.6 Å². The van der Waals surface area contributed by atoms with E-state index in [1.807, 2.05) is 6.07 Å². The normalized spacial score (nSPS) is 11.2. The van der Waals surface area contributed by atoms with Crippen molar-refractivity contribution in [2.45, 2.75) is 10.6 Å². The number of carbonyl (C=O) groups excluding carboxylic acids is 1. The number of anilines is 1. The first-order chi connectivity index (χ1) is 15.8. The largest absolute Gasteiger partial charge is 0.354 e. The summed E-state index contributed by atoms with van der Waals surface area (Å²) in [5.74, 6) is 0.885. The molecule has 0 aliphatic rings. The molecule has 3 rings (SSSR count). The quantitative estimate of drug-likeness (QED) is 0.324. The van der Waals surface area contributed by atoms with Crippen LogP contribution in [0.3, 0.4) is 0 Å². The standard InChI is InChI=1S/C23H21Cl3N2O3S2/c24-18-5-4-6-20(13-18)28(33(30,31)21-7-2-1-3-8-21)15-23(29)27-11-12-32-16-17-9-10-19(25)14-22(17)26/h1-10,13-14H,11-12,15-16H2,(H,27,29). The molecule has 0 unspecified atom stereocenters. The Hall–Kier alpha value is -1.90. The average molecular weight is 544 g/mol. The number of nitrogens with zero attached hydrogens (tertiary/aromatic N) is 1. The number of rotatable bonds is 10. The third-order valence-electron chi connectivity index (χ3n) is 4.56. The highest BCUT2D eigenvalue weighted by Gasteiger charge is 2.27. The number of amides is 1. The minimum atomic E-state index is -3.96. The van der Waals surface area contributed by atoms with Gasteiger partial charge in [0.1, 0.15) is 6.54 Å². The van der Waals surface area contributed by atoms with Crippen LogP contribution < -0.4 is 9.62 Å². The van der Waals surface area contributed by atoms with E-state index in [0.717, 1.165) is 9.87 Å². The lowest BCUT2D eigenvalue weighted by atomic mass is 10.2. The zero-order valence-electron chi connectivity index (χ0n) is 17.4. The molecule has 0 aromatic heterocycles. The molecule has 3 aromatic carbocycles. The van der Waals surface area contributed by atoms with E-state index in [2.05, 4.69) is 5.32 Å². The van der Waals surface area contributed by atoms with Crippen LogP contribution in [0, 0.1) is 0 Å². The molecule has 0 aliphatic heterocycles. The van der Waals surface area contributed by atoms with Gasteiger partial charge in [0.15, 0.2) is 0 Å². The fourth-order valence-corrected chi connectivity index (χ4v) is 5.97. The fourth-order valence-electron chi connectivity index (χ4n) is 2.94. The van der Waals surface area contributed by atoms with E-state index in [-0.39, 0.29) is 11.4 Å². The summed E-state index contributed by atoms with van der Waals surface area (Å²) in [6, 6.07) is 19.7. The number of halogens is 3. The molecule has 0 saturated heterocycles. The van der Waals surface area contributed by atoms with Crippen molar-refractivity contribution < 1.29 is 13.2 Å². The van der Waals surface area contributed by atoms with Crippen molar-refractivity contribution in [3.05, 3.63) is 93.4 Å². The number of carbonyl (C=O) groups is 1. The fraction of sp³-hybridized carbons (Fsp3) is 0.174. The first-order valence-corrected chi connectivity index (χ1v) is 13.6. The van der Waals surface area contributed by atoms with Crippen molar-refractivity contribution in [3.8, 4) is 0 Å². The van der Waals surface area contributed by atoms with Gasteiger partial charge in [-0.15, -0.1) is 0 Å². The van der Waals surface area contributed by atoms with Crippen molar-refractivity contribution in [3.63, 3.8) is 0 Å². The average Bonchev–Trinajstić information content (AvgIpc) is 2.79. The van der Waals surface area contributed by atoms with Crippen LogP contribution in [0.25, 0.3) is 0 Å². The Morgan fingerprint density at radius 3 is 2.33 bits per heavy atom. The first kappa shape index (κ1) is 25.7. The molecule has 0 fully saturated rings. The summed E-state index contributed by atoms with van der Waals surface area (Å²) in [6.07, 6.45) is 0. The van der Waals surface area contributed by atoms with E-state index in [0.29, 0.717) is 38.8 Å². The molecule has 0 bridgehead atoms. The molecular weight excluding hydrogens is 523 g/mol. The van der Waals surface area contributed by atoms with E-state index >= 15 is 0 Å². The number of hydrogen-bond donors (Lipinski definition) is 1. The highest BCUT2D eigenvalue weighted by molar-refractivity contribution is 7.98. The summed E-state index contributed by atoms with van der Waals surface area (Å²) in [5.41, 5.74) is 1.27. The van der Waals surface area contributed by atoms with Crippen molar-refractivity contribution >= 4 is 68.2 Å². The Labute approximate surface area is 213 Å². The van der Waals surface area contributed by atoms with Crippen LogP contribution >= 0.6 is 46.6 Å². The topological polar surface area (TPSA) is 66.5 Å². The van der Waals surface area contributed by atoms with Crippen LogP contribution in [0.15, 0.2) is 77.7 Å². The second-order valence-electron chi connectivity index (χ2n) is 6.94. The molecule has 10 heteroatoms. The lowest BCUT2D eigenvalue weighted by molar-refractivity contribution is -0.119. The second-order valence-corrected chi connectivity index (χ2v) is 11.2. The predicted molar refractivity (Wildman–Crippen MR) is 138 cm³/mol. The predicted octanol–water partition coefficient (Wildman–Crippen LogP) is 5.89. The highest BCUT2D eigenvalue weighted by atomic mass is 35.5. The molecule has 0 aliphatic carbocycles. The Morgan fingerprint density at radius 2 is 1.64 bits per heavy atom. The zero-order chi connectivity index (χ0) is 23.8. The SMILES string of the molecule is O=C(CN(c1cccc(Cl)c1)S(=O)(=O)c1ccccc1)NCCSCc1ccc(Cl)cc1Cl. The molecular formula is C23H21Cl3N2O3S2. The smallest absolute Gasteiger partial charge is 0.264 e. The van der Waals surface area contributed by atoms with Crippen LogP contribution in [-0.2, 0) is 20.6 Å². The number of hydrogen-bond acceptors (Lipinski definition) is 4. The van der Waals surface area contributed by atoms with E-state index in [4.69, 9.17) is 34.8 Å². The molecule has 174 valence electrons. The summed E-state index contributed by atoms with van der Waals surface area (Å²) in [7, 11) is -3.96. The van der Waals surface area contributed by atoms with Crippen LogP contribution in [-0.4, -0.2) is 33.2 Å². The van der Waals surface area contributed by atoms with Gasteiger partial charge < -0.3 is 5.32 Å². The number of thioether (sulfide) groups is 1. The van der Waals surface area contributed by atoms with Gasteiger partial charge in [-0.3, -0.25) is 9.10 Å². The highest BCUT2D eigenvalue weighted by Crippen LogP contribution is 2.26. The van der Waals surface area contributed by atoms with Crippen molar-refractivity contribution in [2.75, 3.05) is 23.1 Å². The minimum absolute atomic E-state index is 0.0909. The third-order valence-corrected chi connectivity index (χ3v) is 8.17. The van der Waals surface area contributed by atoms with Crippen LogP contribution in [0.2, 0.25) is 15.1 Å². The van der Waals surface area contributed by atoms with Crippen LogP contribution in [0.1, 0.15) is 5.56 Å². The molecule has 0 heterocycles. The summed E-state index contributed by atoms with van der Waals surface area (Å²) in [5, 5.41) is 4.33. The number of sulfonamides is 1. The second kappa shape index (κ2) is 12.0. The Kier molecular flexibility index (Phi) is 9.35. The third kappa shape index (κ3) is 7.29. The Bertz CT molecular complexity index is 1210. The molecule has 0 spiro atoms. The van der Waals surface area contributed by atoms with Crippen LogP contribution in [0.5, 0.6) is 0 Å². The summed E-state index contributed by atoms with van der Waals surface area (Å²) in [6.45, 7) is 0.00866. The van der Waals surface area contributed by atoms with Crippen molar-refractivity contribution in [1.82, 2.24) is 5.32 Å². The van der Waals surface area contributed by atoms with Gasteiger partial charge in [0.25, 0.3) is 10.0 Å².